The lowest BCUT2D eigenvalue weighted by Crippen LogP contribution is -2.76. The average molecular weight is 566 g/mol. The number of fused-ring (bicyclic) bond motifs is 7. The Morgan fingerprint density at radius 1 is 0.659 bits per heavy atom. The van der Waals surface area contributed by atoms with E-state index in [1.54, 1.807) is 0 Å². The van der Waals surface area contributed by atoms with Gasteiger partial charge in [-0.25, -0.2) is 0 Å². The molecule has 4 aromatic heterocycles. The summed E-state index contributed by atoms with van der Waals surface area (Å²) in [6.07, 6.45) is 8.71. The van der Waals surface area contributed by atoms with Gasteiger partial charge in [0.1, 0.15) is 28.3 Å². The lowest BCUT2D eigenvalue weighted by molar-refractivity contribution is -0.993. The van der Waals surface area contributed by atoms with E-state index in [0.29, 0.717) is 0 Å². The molecule has 0 fully saturated rings. The summed E-state index contributed by atoms with van der Waals surface area (Å²) in [5, 5.41) is 2.46. The number of nitrogens with zero attached hydrogens (tertiary/aromatic N) is 5. The van der Waals surface area contributed by atoms with Crippen molar-refractivity contribution in [1.29, 1.82) is 0 Å². The van der Waals surface area contributed by atoms with Gasteiger partial charge in [-0.15, -0.1) is 4.68 Å². The van der Waals surface area contributed by atoms with Crippen LogP contribution in [0.3, 0.4) is 0 Å². The summed E-state index contributed by atoms with van der Waals surface area (Å²) in [7, 11) is 0. The molecule has 0 amide bonds. The lowest BCUT2D eigenvalue weighted by atomic mass is 9.84. The van der Waals surface area contributed by atoms with Crippen molar-refractivity contribution >= 4 is 21.8 Å². The Balaban J connectivity index is 1.25. The van der Waals surface area contributed by atoms with Gasteiger partial charge in [0.25, 0.3) is 5.82 Å². The van der Waals surface area contributed by atoms with Gasteiger partial charge < -0.3 is 4.74 Å². The van der Waals surface area contributed by atoms with Crippen LogP contribution in [-0.2, 0) is 5.66 Å². The van der Waals surface area contributed by atoms with Crippen molar-refractivity contribution in [1.82, 2.24) is 14.2 Å². The molecule has 8 aromatic rings. The second-order valence-electron chi connectivity index (χ2n) is 11.7. The van der Waals surface area contributed by atoms with E-state index >= 15 is 0 Å². The zero-order valence-corrected chi connectivity index (χ0v) is 23.4. The normalized spacial score (nSPS) is 16.5. The van der Waals surface area contributed by atoms with Gasteiger partial charge in [-0.3, -0.25) is 4.98 Å². The Hall–Kier alpha value is -6.01. The quantitative estimate of drug-likeness (QED) is 0.214. The Bertz CT molecular complexity index is 2530. The maximum atomic E-state index is 6.75. The third kappa shape index (κ3) is 2.49. The van der Waals surface area contributed by atoms with E-state index in [9.17, 15) is 0 Å². The molecule has 7 heterocycles. The maximum absolute atomic E-state index is 6.75. The Morgan fingerprint density at radius 3 is 2.43 bits per heavy atom. The number of rotatable bonds is 2. The second-order valence-corrected chi connectivity index (χ2v) is 11.7. The number of hydrogen-bond donors (Lipinski definition) is 0. The molecule has 3 aliphatic heterocycles. The van der Waals surface area contributed by atoms with Crippen molar-refractivity contribution in [3.63, 3.8) is 0 Å². The molecular formula is C38H23N5O+2. The Labute approximate surface area is 251 Å². The minimum Gasteiger partial charge on any atom is -0.456 e. The summed E-state index contributed by atoms with van der Waals surface area (Å²) in [4.78, 5) is 4.85. The van der Waals surface area contributed by atoms with Gasteiger partial charge in [0.2, 0.25) is 6.20 Å². The van der Waals surface area contributed by atoms with Crippen LogP contribution in [0.15, 0.2) is 140 Å². The van der Waals surface area contributed by atoms with Crippen LogP contribution in [0.5, 0.6) is 11.5 Å². The SMILES string of the molecule is c1ccc(-c2ccc(-c3cn4[n+](c3)C35c6c(cccc6-4)Oc4ccc6c7ccccc7n(c6c43)-c3cccc[n+]35)cn2)cc1. The lowest BCUT2D eigenvalue weighted by Gasteiger charge is -2.32. The molecule has 0 saturated carbocycles. The van der Waals surface area contributed by atoms with Gasteiger partial charge in [0.15, 0.2) is 11.1 Å². The van der Waals surface area contributed by atoms with Crippen molar-refractivity contribution in [2.24, 2.45) is 0 Å². The van der Waals surface area contributed by atoms with E-state index in [-0.39, 0.29) is 0 Å². The highest BCUT2D eigenvalue weighted by atomic mass is 16.5. The third-order valence-electron chi connectivity index (χ3n) is 9.64. The van der Waals surface area contributed by atoms with Crippen LogP contribution in [-0.4, -0.2) is 14.2 Å². The first-order valence-corrected chi connectivity index (χ1v) is 14.9. The molecule has 1 spiro atoms. The fourth-order valence-electron chi connectivity index (χ4n) is 7.91. The third-order valence-corrected chi connectivity index (χ3v) is 9.64. The van der Waals surface area contributed by atoms with Crippen LogP contribution in [0.2, 0.25) is 0 Å². The largest absolute Gasteiger partial charge is 0.456 e. The summed E-state index contributed by atoms with van der Waals surface area (Å²) >= 11 is 0. The zero-order chi connectivity index (χ0) is 28.6. The first-order chi connectivity index (χ1) is 21.8. The van der Waals surface area contributed by atoms with Crippen molar-refractivity contribution in [2.45, 2.75) is 5.66 Å². The molecular weight excluding hydrogens is 542 g/mol. The van der Waals surface area contributed by atoms with Gasteiger partial charge in [-0.1, -0.05) is 65.3 Å². The van der Waals surface area contributed by atoms with Gasteiger partial charge >= 0.3 is 5.66 Å². The molecule has 204 valence electrons. The first kappa shape index (κ1) is 22.6. The van der Waals surface area contributed by atoms with E-state index in [2.05, 4.69) is 134 Å². The molecule has 0 saturated heterocycles. The second kappa shape index (κ2) is 7.68. The van der Waals surface area contributed by atoms with Crippen LogP contribution in [0, 0.1) is 0 Å². The summed E-state index contributed by atoms with van der Waals surface area (Å²) in [6, 6.07) is 40.6. The number of pyridine rings is 2. The number of aromatic nitrogens is 5. The van der Waals surface area contributed by atoms with E-state index in [0.717, 1.165) is 56.5 Å². The van der Waals surface area contributed by atoms with Crippen LogP contribution < -0.4 is 14.0 Å². The fraction of sp³-hybridized carbons (Fsp3) is 0.0263. The number of para-hydroxylation sites is 1. The molecule has 0 bridgehead atoms. The van der Waals surface area contributed by atoms with Crippen LogP contribution in [0.25, 0.3) is 55.7 Å². The van der Waals surface area contributed by atoms with E-state index in [4.69, 9.17) is 9.72 Å². The smallest absolute Gasteiger partial charge is 0.397 e. The van der Waals surface area contributed by atoms with Gasteiger partial charge in [0, 0.05) is 34.2 Å². The number of benzene rings is 4. The number of ether oxygens (including phenoxy) is 1. The molecule has 44 heavy (non-hydrogen) atoms. The van der Waals surface area contributed by atoms with Gasteiger partial charge in [0.05, 0.1) is 23.7 Å². The van der Waals surface area contributed by atoms with Crippen molar-refractivity contribution < 1.29 is 14.0 Å². The van der Waals surface area contributed by atoms with Crippen molar-refractivity contribution in [3.8, 4) is 45.4 Å². The Kier molecular flexibility index (Phi) is 3.94. The molecule has 0 N–H and O–H groups in total. The highest BCUT2D eigenvalue weighted by Gasteiger charge is 2.68. The fourth-order valence-corrected chi connectivity index (χ4v) is 7.91. The monoisotopic (exact) mass is 565 g/mol. The molecule has 6 nitrogen and oxygen atoms in total. The zero-order valence-electron chi connectivity index (χ0n) is 23.4. The molecule has 1 unspecified atom stereocenters. The summed E-state index contributed by atoms with van der Waals surface area (Å²) < 4.78 is 16.3. The molecule has 0 radical (unpaired) electrons. The summed E-state index contributed by atoms with van der Waals surface area (Å²) in [6.45, 7) is 0. The Morgan fingerprint density at radius 2 is 1.52 bits per heavy atom. The molecule has 11 rings (SSSR count). The molecule has 4 aromatic carbocycles. The van der Waals surface area contributed by atoms with Crippen LogP contribution in [0.1, 0.15) is 11.1 Å². The topological polar surface area (TPSA) is 39.7 Å². The average Bonchev–Trinajstić information content (AvgIpc) is 3.75. The molecule has 3 aliphatic rings. The predicted molar refractivity (Wildman–Crippen MR) is 167 cm³/mol. The molecule has 6 heteroatoms. The number of hydrogen-bond acceptors (Lipinski definition) is 2. The van der Waals surface area contributed by atoms with Crippen molar-refractivity contribution in [2.75, 3.05) is 0 Å². The van der Waals surface area contributed by atoms with E-state index in [1.165, 1.54) is 21.8 Å². The van der Waals surface area contributed by atoms with E-state index < -0.39 is 5.66 Å². The summed E-state index contributed by atoms with van der Waals surface area (Å²) in [5.74, 6) is 2.88. The molecule has 0 aliphatic carbocycles. The standard InChI is InChI=1S/C38H23N5O/c1-2-9-24(10-3-1)29-18-16-25(21-39-29)26-22-41-31-13-8-14-32-35(31)38(42(41)23-26)36-33(44-32)19-17-28-27-11-4-5-12-30(27)43(37(28)36)34-15-6-7-20-40(34)38/h1-23H/q+2. The van der Waals surface area contributed by atoms with Gasteiger partial charge in [-0.05, 0) is 48.5 Å². The maximum Gasteiger partial charge on any atom is 0.397 e. The van der Waals surface area contributed by atoms with Crippen LogP contribution >= 0.6 is 0 Å². The summed E-state index contributed by atoms with van der Waals surface area (Å²) in [5.41, 5.74) is 9.36. The highest BCUT2D eigenvalue weighted by Crippen LogP contribution is 2.55. The van der Waals surface area contributed by atoms with Gasteiger partial charge in [-0.2, -0.15) is 9.13 Å². The predicted octanol–water partition coefficient (Wildman–Crippen LogP) is 6.91. The molecule has 1 atom stereocenters. The minimum absolute atomic E-state index is 0.685. The van der Waals surface area contributed by atoms with Crippen LogP contribution in [0.4, 0.5) is 0 Å². The highest BCUT2D eigenvalue weighted by molar-refractivity contribution is 6.11. The minimum atomic E-state index is -0.685. The van der Waals surface area contributed by atoms with Crippen molar-refractivity contribution in [3.05, 3.63) is 151 Å². The van der Waals surface area contributed by atoms with E-state index in [1.807, 2.05) is 24.4 Å². The first-order valence-electron chi connectivity index (χ1n) is 14.9.